The third kappa shape index (κ3) is 2.82. The fraction of sp³-hybridized carbons (Fsp3) is 0.154. The smallest absolute Gasteiger partial charge is 0.248 e. The molecule has 3 aromatic rings. The summed E-state index contributed by atoms with van der Waals surface area (Å²) in [7, 11) is 0. The number of hydrogen-bond acceptors (Lipinski definition) is 5. The van der Waals surface area contributed by atoms with Crippen molar-refractivity contribution >= 4 is 5.69 Å². The molecule has 0 spiro atoms. The normalized spacial score (nSPS) is 10.8. The van der Waals surface area contributed by atoms with E-state index in [1.807, 2.05) is 6.07 Å². The predicted molar refractivity (Wildman–Crippen MR) is 69.2 cm³/mol. The molecule has 0 unspecified atom stereocenters. The van der Waals surface area contributed by atoms with E-state index in [4.69, 9.17) is 10.3 Å². The van der Waals surface area contributed by atoms with Crippen molar-refractivity contribution in [1.82, 2.24) is 19.9 Å². The van der Waals surface area contributed by atoms with Crippen LogP contribution >= 0.6 is 0 Å². The molecule has 0 aliphatic carbocycles. The second kappa shape index (κ2) is 5.12. The summed E-state index contributed by atoms with van der Waals surface area (Å²) in [5.41, 5.74) is 6.93. The Morgan fingerprint density at radius 3 is 3.00 bits per heavy atom. The van der Waals surface area contributed by atoms with Gasteiger partial charge in [-0.05, 0) is 17.7 Å². The van der Waals surface area contributed by atoms with Gasteiger partial charge >= 0.3 is 0 Å². The number of hydrogen-bond donors (Lipinski definition) is 1. The van der Waals surface area contributed by atoms with Gasteiger partial charge in [0, 0.05) is 12.6 Å². The lowest BCUT2D eigenvalue weighted by Crippen LogP contribution is -2.00. The Morgan fingerprint density at radius 1 is 1.35 bits per heavy atom. The molecule has 2 aromatic heterocycles. The molecule has 0 bridgehead atoms. The van der Waals surface area contributed by atoms with Crippen LogP contribution in [0.25, 0.3) is 0 Å². The number of rotatable bonds is 4. The lowest BCUT2D eigenvalue weighted by Gasteiger charge is -1.96. The summed E-state index contributed by atoms with van der Waals surface area (Å²) in [5.74, 6) is 0.656. The standard InChI is InChI=1S/C13H12FN5O/c14-10-3-1-2-9(4-10)5-12-17-13(20-18-12)8-19-7-11(15)6-16-19/h1-4,6-7H,5,8,15H2. The highest BCUT2D eigenvalue weighted by Crippen LogP contribution is 2.09. The summed E-state index contributed by atoms with van der Waals surface area (Å²) in [6.45, 7) is 0.355. The summed E-state index contributed by atoms with van der Waals surface area (Å²) >= 11 is 0. The Bertz CT molecular complexity index is 721. The van der Waals surface area contributed by atoms with E-state index in [2.05, 4.69) is 15.2 Å². The van der Waals surface area contributed by atoms with Crippen LogP contribution in [0, 0.1) is 5.82 Å². The number of nitrogens with zero attached hydrogens (tertiary/aromatic N) is 4. The highest BCUT2D eigenvalue weighted by Gasteiger charge is 2.08. The molecule has 0 saturated carbocycles. The van der Waals surface area contributed by atoms with Gasteiger partial charge in [0.05, 0.1) is 11.9 Å². The van der Waals surface area contributed by atoms with Crippen LogP contribution in [0.4, 0.5) is 10.1 Å². The minimum absolute atomic E-state index is 0.279. The van der Waals surface area contributed by atoms with Crippen LogP contribution in [0.5, 0.6) is 0 Å². The van der Waals surface area contributed by atoms with Gasteiger partial charge in [-0.1, -0.05) is 17.3 Å². The van der Waals surface area contributed by atoms with Crippen LogP contribution in [0.15, 0.2) is 41.2 Å². The topological polar surface area (TPSA) is 82.8 Å². The number of nitrogen functional groups attached to an aromatic ring is 1. The van der Waals surface area contributed by atoms with E-state index in [1.54, 1.807) is 23.1 Å². The Labute approximate surface area is 114 Å². The van der Waals surface area contributed by atoms with Crippen LogP contribution in [-0.4, -0.2) is 19.9 Å². The molecule has 6 nitrogen and oxygen atoms in total. The summed E-state index contributed by atoms with van der Waals surface area (Å²) < 4.78 is 19.8. The number of aromatic nitrogens is 4. The fourth-order valence-corrected chi connectivity index (χ4v) is 1.86. The molecule has 0 radical (unpaired) electrons. The van der Waals surface area contributed by atoms with E-state index in [0.717, 1.165) is 5.56 Å². The molecule has 0 saturated heterocycles. The molecule has 2 N–H and O–H groups in total. The van der Waals surface area contributed by atoms with Crippen LogP contribution in [0.3, 0.4) is 0 Å². The van der Waals surface area contributed by atoms with Gasteiger partial charge in [-0.3, -0.25) is 4.68 Å². The van der Waals surface area contributed by atoms with Crippen molar-refractivity contribution in [3.8, 4) is 0 Å². The minimum atomic E-state index is -0.279. The molecule has 0 atom stereocenters. The number of nitrogens with two attached hydrogens (primary N) is 1. The Hall–Kier alpha value is -2.70. The van der Waals surface area contributed by atoms with Gasteiger partial charge in [-0.15, -0.1) is 0 Å². The quantitative estimate of drug-likeness (QED) is 0.781. The average Bonchev–Trinajstić information content (AvgIpc) is 3.00. The summed E-state index contributed by atoms with van der Waals surface area (Å²) in [4.78, 5) is 4.24. The summed E-state index contributed by atoms with van der Waals surface area (Å²) in [6.07, 6.45) is 3.64. The molecular weight excluding hydrogens is 261 g/mol. The van der Waals surface area contributed by atoms with E-state index < -0.39 is 0 Å². The second-order valence-corrected chi connectivity index (χ2v) is 4.38. The Morgan fingerprint density at radius 2 is 2.25 bits per heavy atom. The molecule has 20 heavy (non-hydrogen) atoms. The molecule has 0 aliphatic heterocycles. The molecule has 2 heterocycles. The number of halogens is 1. The van der Waals surface area contributed by atoms with Gasteiger partial charge in [-0.25, -0.2) is 4.39 Å². The zero-order valence-electron chi connectivity index (χ0n) is 10.5. The largest absolute Gasteiger partial charge is 0.396 e. The molecule has 3 rings (SSSR count). The predicted octanol–water partition coefficient (Wildman–Crippen LogP) is 1.63. The van der Waals surface area contributed by atoms with Gasteiger partial charge in [0.1, 0.15) is 12.4 Å². The van der Waals surface area contributed by atoms with Crippen LogP contribution in [0.1, 0.15) is 17.3 Å². The maximum Gasteiger partial charge on any atom is 0.248 e. The first-order valence-corrected chi connectivity index (χ1v) is 6.03. The third-order valence-electron chi connectivity index (χ3n) is 2.71. The van der Waals surface area contributed by atoms with Crippen molar-refractivity contribution < 1.29 is 8.91 Å². The zero-order valence-corrected chi connectivity index (χ0v) is 10.5. The molecule has 0 fully saturated rings. The first kappa shape index (κ1) is 12.3. The maximum absolute atomic E-state index is 13.1. The van der Waals surface area contributed by atoms with Crippen molar-refractivity contribution in [3.63, 3.8) is 0 Å². The van der Waals surface area contributed by atoms with Crippen molar-refractivity contribution in [2.24, 2.45) is 0 Å². The van der Waals surface area contributed by atoms with Crippen molar-refractivity contribution in [2.45, 2.75) is 13.0 Å². The lowest BCUT2D eigenvalue weighted by molar-refractivity contribution is 0.362. The van der Waals surface area contributed by atoms with Crippen LogP contribution < -0.4 is 5.73 Å². The first-order valence-electron chi connectivity index (χ1n) is 6.03. The fourth-order valence-electron chi connectivity index (χ4n) is 1.86. The van der Waals surface area contributed by atoms with E-state index in [1.165, 1.54) is 12.1 Å². The SMILES string of the molecule is Nc1cnn(Cc2nc(Cc3cccc(F)c3)no2)c1. The van der Waals surface area contributed by atoms with Gasteiger partial charge in [-0.2, -0.15) is 10.1 Å². The van der Waals surface area contributed by atoms with Crippen molar-refractivity contribution in [2.75, 3.05) is 5.73 Å². The van der Waals surface area contributed by atoms with Gasteiger partial charge in [0.2, 0.25) is 5.89 Å². The van der Waals surface area contributed by atoms with Crippen LogP contribution in [0.2, 0.25) is 0 Å². The first-order chi connectivity index (χ1) is 9.69. The summed E-state index contributed by atoms with van der Waals surface area (Å²) in [5, 5.41) is 7.89. The Balaban J connectivity index is 1.70. The molecular formula is C13H12FN5O. The minimum Gasteiger partial charge on any atom is -0.396 e. The highest BCUT2D eigenvalue weighted by molar-refractivity contribution is 5.30. The lowest BCUT2D eigenvalue weighted by atomic mass is 10.1. The highest BCUT2D eigenvalue weighted by atomic mass is 19.1. The number of benzene rings is 1. The second-order valence-electron chi connectivity index (χ2n) is 4.38. The van der Waals surface area contributed by atoms with Crippen LogP contribution in [-0.2, 0) is 13.0 Å². The molecule has 0 aliphatic rings. The molecule has 102 valence electrons. The van der Waals surface area contributed by atoms with E-state index in [9.17, 15) is 4.39 Å². The summed E-state index contributed by atoms with van der Waals surface area (Å²) in [6, 6.07) is 6.31. The molecule has 1 aromatic carbocycles. The molecule has 0 amide bonds. The third-order valence-corrected chi connectivity index (χ3v) is 2.71. The average molecular weight is 273 g/mol. The zero-order chi connectivity index (χ0) is 13.9. The van der Waals surface area contributed by atoms with E-state index in [0.29, 0.717) is 30.4 Å². The van der Waals surface area contributed by atoms with Gasteiger partial charge in [0.15, 0.2) is 5.82 Å². The van der Waals surface area contributed by atoms with Gasteiger partial charge in [0.25, 0.3) is 0 Å². The van der Waals surface area contributed by atoms with E-state index in [-0.39, 0.29) is 5.82 Å². The van der Waals surface area contributed by atoms with E-state index >= 15 is 0 Å². The number of anilines is 1. The van der Waals surface area contributed by atoms with Crippen molar-refractivity contribution in [3.05, 3.63) is 59.8 Å². The van der Waals surface area contributed by atoms with Gasteiger partial charge < -0.3 is 10.3 Å². The Kier molecular flexibility index (Phi) is 3.16. The van der Waals surface area contributed by atoms with Crippen molar-refractivity contribution in [1.29, 1.82) is 0 Å². The monoisotopic (exact) mass is 273 g/mol. The molecule has 7 heteroatoms. The maximum atomic E-state index is 13.1.